The molecule has 1 aromatic rings. The van der Waals surface area contributed by atoms with Crippen LogP contribution in [0.3, 0.4) is 0 Å². The highest BCUT2D eigenvalue weighted by atomic mass is 35.5. The molecule has 0 bridgehead atoms. The predicted molar refractivity (Wildman–Crippen MR) is 83.3 cm³/mol. The van der Waals surface area contributed by atoms with Gasteiger partial charge in [0, 0.05) is 37.8 Å². The Labute approximate surface area is 131 Å². The average molecular weight is 333 g/mol. The highest BCUT2D eigenvalue weighted by Gasteiger charge is 2.17. The van der Waals surface area contributed by atoms with Gasteiger partial charge in [0.25, 0.3) is 0 Å². The Morgan fingerprint density at radius 3 is 2.95 bits per heavy atom. The summed E-state index contributed by atoms with van der Waals surface area (Å²) in [6, 6.07) is 4.88. The zero-order chi connectivity index (χ0) is 15.3. The molecule has 118 valence electrons. The lowest BCUT2D eigenvalue weighted by Crippen LogP contribution is -2.36. The maximum atomic E-state index is 12.3. The number of halogens is 1. The standard InChI is InChI=1S/C14H21ClN2O3S/c1-12-3-4-13(15)11-14(12)21(18,19)16-5-7-17-6-2-9-20-10-8-17/h3-4,11,16H,2,5-10H2,1H3. The van der Waals surface area contributed by atoms with Gasteiger partial charge in [-0.1, -0.05) is 17.7 Å². The number of sulfonamides is 1. The van der Waals surface area contributed by atoms with Crippen LogP contribution in [0.1, 0.15) is 12.0 Å². The van der Waals surface area contributed by atoms with Crippen LogP contribution in [0.5, 0.6) is 0 Å². The van der Waals surface area contributed by atoms with Gasteiger partial charge in [-0.3, -0.25) is 4.90 Å². The zero-order valence-electron chi connectivity index (χ0n) is 12.1. The SMILES string of the molecule is Cc1ccc(Cl)cc1S(=O)(=O)NCCN1CCCOCC1. The van der Waals surface area contributed by atoms with Crippen LogP contribution in [-0.4, -0.2) is 52.7 Å². The smallest absolute Gasteiger partial charge is 0.240 e. The number of benzene rings is 1. The molecule has 2 rings (SSSR count). The number of rotatable bonds is 5. The van der Waals surface area contributed by atoms with E-state index in [1.54, 1.807) is 19.1 Å². The molecule has 1 N–H and O–H groups in total. The van der Waals surface area contributed by atoms with Gasteiger partial charge in [0.2, 0.25) is 10.0 Å². The highest BCUT2D eigenvalue weighted by molar-refractivity contribution is 7.89. The quantitative estimate of drug-likeness (QED) is 0.890. The van der Waals surface area contributed by atoms with Crippen molar-refractivity contribution in [1.82, 2.24) is 9.62 Å². The van der Waals surface area contributed by atoms with Gasteiger partial charge in [-0.05, 0) is 31.0 Å². The Balaban J connectivity index is 1.93. The van der Waals surface area contributed by atoms with Crippen LogP contribution < -0.4 is 4.72 Å². The number of nitrogens with zero attached hydrogens (tertiary/aromatic N) is 1. The first-order chi connectivity index (χ1) is 9.99. The maximum absolute atomic E-state index is 12.3. The van der Waals surface area contributed by atoms with Crippen LogP contribution in [0.4, 0.5) is 0 Å². The summed E-state index contributed by atoms with van der Waals surface area (Å²) < 4.78 is 32.6. The molecule has 1 heterocycles. The Hall–Kier alpha value is -0.660. The van der Waals surface area contributed by atoms with Crippen LogP contribution in [0, 0.1) is 6.92 Å². The van der Waals surface area contributed by atoms with E-state index in [-0.39, 0.29) is 4.90 Å². The third-order valence-electron chi connectivity index (χ3n) is 3.47. The van der Waals surface area contributed by atoms with Gasteiger partial charge in [0.05, 0.1) is 11.5 Å². The summed E-state index contributed by atoms with van der Waals surface area (Å²) >= 11 is 5.88. The highest BCUT2D eigenvalue weighted by Crippen LogP contribution is 2.19. The summed E-state index contributed by atoms with van der Waals surface area (Å²) in [5, 5.41) is 0.422. The number of hydrogen-bond donors (Lipinski definition) is 1. The van der Waals surface area contributed by atoms with Crippen molar-refractivity contribution in [3.8, 4) is 0 Å². The van der Waals surface area contributed by atoms with E-state index in [9.17, 15) is 8.42 Å². The van der Waals surface area contributed by atoms with Crippen molar-refractivity contribution in [2.45, 2.75) is 18.2 Å². The Bertz CT molecular complexity index is 570. The fourth-order valence-corrected chi connectivity index (χ4v) is 3.83. The molecule has 0 radical (unpaired) electrons. The van der Waals surface area contributed by atoms with E-state index in [1.807, 2.05) is 0 Å². The molecule has 1 aromatic carbocycles. The lowest BCUT2D eigenvalue weighted by Gasteiger charge is -2.19. The number of aryl methyl sites for hydroxylation is 1. The molecule has 5 nitrogen and oxygen atoms in total. The molecular formula is C14H21ClN2O3S. The molecule has 0 saturated carbocycles. The van der Waals surface area contributed by atoms with Gasteiger partial charge in [-0.2, -0.15) is 0 Å². The molecule has 0 unspecified atom stereocenters. The summed E-state index contributed by atoms with van der Waals surface area (Å²) in [5.41, 5.74) is 0.690. The summed E-state index contributed by atoms with van der Waals surface area (Å²) in [4.78, 5) is 2.45. The summed E-state index contributed by atoms with van der Waals surface area (Å²) in [6.07, 6.45) is 0.986. The van der Waals surface area contributed by atoms with Crippen molar-refractivity contribution >= 4 is 21.6 Å². The first-order valence-electron chi connectivity index (χ1n) is 7.05. The second-order valence-corrected chi connectivity index (χ2v) is 7.29. The predicted octanol–water partition coefficient (Wildman–Crippen LogP) is 1.65. The molecule has 0 spiro atoms. The lowest BCUT2D eigenvalue weighted by atomic mass is 10.2. The molecule has 0 aromatic heterocycles. The van der Waals surface area contributed by atoms with E-state index in [1.165, 1.54) is 6.07 Å². The summed E-state index contributed by atoms with van der Waals surface area (Å²) in [7, 11) is -3.52. The minimum Gasteiger partial charge on any atom is -0.380 e. The van der Waals surface area contributed by atoms with Crippen LogP contribution in [0.2, 0.25) is 5.02 Å². The van der Waals surface area contributed by atoms with Gasteiger partial charge >= 0.3 is 0 Å². The van der Waals surface area contributed by atoms with Crippen molar-refractivity contribution < 1.29 is 13.2 Å². The van der Waals surface area contributed by atoms with Crippen LogP contribution in [0.15, 0.2) is 23.1 Å². The number of nitrogens with one attached hydrogen (secondary N) is 1. The maximum Gasteiger partial charge on any atom is 0.240 e. The van der Waals surface area contributed by atoms with Gasteiger partial charge in [0.15, 0.2) is 0 Å². The van der Waals surface area contributed by atoms with Crippen LogP contribution in [-0.2, 0) is 14.8 Å². The van der Waals surface area contributed by atoms with E-state index in [2.05, 4.69) is 9.62 Å². The minimum absolute atomic E-state index is 0.245. The number of hydrogen-bond acceptors (Lipinski definition) is 4. The third kappa shape index (κ3) is 4.93. The lowest BCUT2D eigenvalue weighted by molar-refractivity contribution is 0.142. The largest absolute Gasteiger partial charge is 0.380 e. The van der Waals surface area contributed by atoms with Crippen LogP contribution in [0.25, 0.3) is 0 Å². The third-order valence-corrected chi connectivity index (χ3v) is 5.31. The first kappa shape index (κ1) is 16.7. The fraction of sp³-hybridized carbons (Fsp3) is 0.571. The molecular weight excluding hydrogens is 312 g/mol. The Morgan fingerprint density at radius 1 is 1.33 bits per heavy atom. The van der Waals surface area contributed by atoms with E-state index >= 15 is 0 Å². The summed E-state index contributed by atoms with van der Waals surface area (Å²) in [6.45, 7) is 6.10. The van der Waals surface area contributed by atoms with Gasteiger partial charge in [-0.15, -0.1) is 0 Å². The molecule has 1 aliphatic heterocycles. The molecule has 1 saturated heterocycles. The molecule has 0 atom stereocenters. The first-order valence-corrected chi connectivity index (χ1v) is 8.91. The van der Waals surface area contributed by atoms with Crippen LogP contribution >= 0.6 is 11.6 Å². The molecule has 1 aliphatic rings. The van der Waals surface area contributed by atoms with Crippen molar-refractivity contribution in [3.05, 3.63) is 28.8 Å². The summed E-state index contributed by atoms with van der Waals surface area (Å²) in [5.74, 6) is 0. The van der Waals surface area contributed by atoms with E-state index < -0.39 is 10.0 Å². The molecule has 0 amide bonds. The second kappa shape index (κ2) is 7.56. The van der Waals surface area contributed by atoms with E-state index in [0.29, 0.717) is 30.3 Å². The van der Waals surface area contributed by atoms with E-state index in [4.69, 9.17) is 16.3 Å². The van der Waals surface area contributed by atoms with Crippen molar-refractivity contribution in [1.29, 1.82) is 0 Å². The molecule has 0 aliphatic carbocycles. The van der Waals surface area contributed by atoms with Gasteiger partial charge in [-0.25, -0.2) is 13.1 Å². The Kier molecular flexibility index (Phi) is 6.01. The minimum atomic E-state index is -3.52. The normalized spacial score (nSPS) is 17.6. The molecule has 21 heavy (non-hydrogen) atoms. The topological polar surface area (TPSA) is 58.6 Å². The molecule has 7 heteroatoms. The van der Waals surface area contributed by atoms with Gasteiger partial charge < -0.3 is 4.74 Å². The second-order valence-electron chi connectivity index (χ2n) is 5.12. The van der Waals surface area contributed by atoms with Gasteiger partial charge in [0.1, 0.15) is 0 Å². The monoisotopic (exact) mass is 332 g/mol. The fourth-order valence-electron chi connectivity index (χ4n) is 2.30. The van der Waals surface area contributed by atoms with Crippen molar-refractivity contribution in [2.75, 3.05) is 39.4 Å². The Morgan fingerprint density at radius 2 is 2.14 bits per heavy atom. The van der Waals surface area contributed by atoms with Crippen molar-refractivity contribution in [3.63, 3.8) is 0 Å². The van der Waals surface area contributed by atoms with Crippen molar-refractivity contribution in [2.24, 2.45) is 0 Å². The number of ether oxygens (including phenoxy) is 1. The molecule has 1 fully saturated rings. The van der Waals surface area contributed by atoms with E-state index in [0.717, 1.165) is 26.1 Å². The average Bonchev–Trinajstić information content (AvgIpc) is 2.70. The zero-order valence-corrected chi connectivity index (χ0v) is 13.7.